The van der Waals surface area contributed by atoms with E-state index in [2.05, 4.69) is 10.4 Å². The van der Waals surface area contributed by atoms with Crippen LogP contribution in [0.1, 0.15) is 12.0 Å². The van der Waals surface area contributed by atoms with Crippen molar-refractivity contribution in [1.82, 2.24) is 15.1 Å². The fraction of sp³-hybridized carbons (Fsp3) is 0.375. The van der Waals surface area contributed by atoms with Crippen molar-refractivity contribution in [3.8, 4) is 5.69 Å². The molecule has 2 aromatic rings. The lowest BCUT2D eigenvalue weighted by molar-refractivity contribution is -0.120. The molecule has 1 amide bonds. The first-order valence-corrected chi connectivity index (χ1v) is 9.40. The number of aromatic nitrogens is 2. The molecular formula is C16H19N3O3S. The molecule has 0 saturated carbocycles. The van der Waals surface area contributed by atoms with E-state index in [0.29, 0.717) is 19.4 Å². The van der Waals surface area contributed by atoms with Crippen LogP contribution < -0.4 is 5.32 Å². The van der Waals surface area contributed by atoms with Gasteiger partial charge in [0, 0.05) is 18.9 Å². The number of nitrogens with zero attached hydrogens (tertiary/aromatic N) is 2. The Bertz CT molecular complexity index is 767. The van der Waals surface area contributed by atoms with Crippen LogP contribution in [0.5, 0.6) is 0 Å². The Hall–Kier alpha value is -2.15. The Morgan fingerprint density at radius 1 is 1.30 bits per heavy atom. The Balaban J connectivity index is 1.50. The number of rotatable bonds is 5. The van der Waals surface area contributed by atoms with E-state index < -0.39 is 9.84 Å². The second kappa shape index (κ2) is 6.54. The number of amides is 1. The van der Waals surface area contributed by atoms with Crippen molar-refractivity contribution in [2.24, 2.45) is 5.92 Å². The summed E-state index contributed by atoms with van der Waals surface area (Å²) in [4.78, 5) is 12.0. The van der Waals surface area contributed by atoms with Crippen molar-refractivity contribution >= 4 is 15.7 Å². The number of benzene rings is 1. The number of hydrogen-bond donors (Lipinski definition) is 1. The smallest absolute Gasteiger partial charge is 0.224 e. The normalized spacial score (nSPS) is 19.6. The summed E-state index contributed by atoms with van der Waals surface area (Å²) in [6, 6.07) is 9.48. The Labute approximate surface area is 135 Å². The van der Waals surface area contributed by atoms with Gasteiger partial charge in [-0.3, -0.25) is 4.79 Å². The van der Waals surface area contributed by atoms with Gasteiger partial charge in [0.25, 0.3) is 0 Å². The van der Waals surface area contributed by atoms with Gasteiger partial charge in [-0.2, -0.15) is 5.10 Å². The molecule has 1 aliphatic rings. The van der Waals surface area contributed by atoms with Gasteiger partial charge < -0.3 is 5.32 Å². The summed E-state index contributed by atoms with van der Waals surface area (Å²) in [6.07, 6.45) is 4.50. The highest BCUT2D eigenvalue weighted by molar-refractivity contribution is 7.91. The molecule has 0 spiro atoms. The summed E-state index contributed by atoms with van der Waals surface area (Å²) < 4.78 is 24.5. The maximum absolute atomic E-state index is 12.0. The first kappa shape index (κ1) is 15.7. The molecule has 0 bridgehead atoms. The first-order chi connectivity index (χ1) is 11.0. The molecule has 3 rings (SSSR count). The predicted molar refractivity (Wildman–Crippen MR) is 87.0 cm³/mol. The summed E-state index contributed by atoms with van der Waals surface area (Å²) in [5.41, 5.74) is 1.85. The Kier molecular flexibility index (Phi) is 4.47. The van der Waals surface area contributed by atoms with Gasteiger partial charge in [0.2, 0.25) is 5.91 Å². The Morgan fingerprint density at radius 3 is 2.70 bits per heavy atom. The van der Waals surface area contributed by atoms with Gasteiger partial charge in [-0.15, -0.1) is 0 Å². The molecule has 1 aromatic carbocycles. The van der Waals surface area contributed by atoms with Crippen LogP contribution in [0.25, 0.3) is 5.69 Å². The third kappa shape index (κ3) is 4.19. The molecule has 1 aliphatic heterocycles. The van der Waals surface area contributed by atoms with E-state index in [-0.39, 0.29) is 23.3 Å². The average Bonchev–Trinajstić information content (AvgIpc) is 3.15. The van der Waals surface area contributed by atoms with Crippen LogP contribution in [-0.4, -0.2) is 42.2 Å². The monoisotopic (exact) mass is 333 g/mol. The molecule has 1 atom stereocenters. The predicted octanol–water partition coefficient (Wildman–Crippen LogP) is 0.966. The molecule has 6 nitrogen and oxygen atoms in total. The van der Waals surface area contributed by atoms with Crippen LogP contribution in [0.15, 0.2) is 42.7 Å². The van der Waals surface area contributed by atoms with Crippen LogP contribution in [0.4, 0.5) is 0 Å². The zero-order chi connectivity index (χ0) is 16.3. The van der Waals surface area contributed by atoms with Crippen LogP contribution >= 0.6 is 0 Å². The molecule has 1 N–H and O–H groups in total. The molecule has 2 heterocycles. The summed E-state index contributed by atoms with van der Waals surface area (Å²) in [5, 5.41) is 6.98. The highest BCUT2D eigenvalue weighted by Crippen LogP contribution is 2.17. The quantitative estimate of drug-likeness (QED) is 0.884. The van der Waals surface area contributed by atoms with E-state index in [0.717, 1.165) is 11.3 Å². The van der Waals surface area contributed by atoms with Crippen molar-refractivity contribution in [3.63, 3.8) is 0 Å². The first-order valence-electron chi connectivity index (χ1n) is 7.58. The molecular weight excluding hydrogens is 314 g/mol. The zero-order valence-corrected chi connectivity index (χ0v) is 13.5. The van der Waals surface area contributed by atoms with Crippen LogP contribution in [0.3, 0.4) is 0 Å². The van der Waals surface area contributed by atoms with Crippen LogP contribution in [0.2, 0.25) is 0 Å². The second-order valence-corrected chi connectivity index (χ2v) is 8.10. The fourth-order valence-electron chi connectivity index (χ4n) is 2.73. The summed E-state index contributed by atoms with van der Waals surface area (Å²) in [7, 11) is -2.89. The maximum atomic E-state index is 12.0. The van der Waals surface area contributed by atoms with Crippen molar-refractivity contribution in [1.29, 1.82) is 0 Å². The van der Waals surface area contributed by atoms with Crippen molar-refractivity contribution < 1.29 is 13.2 Å². The minimum atomic E-state index is -2.89. The standard InChI is InChI=1S/C16H19N3O3S/c20-16(17-11-14-6-9-23(21,22)12-14)10-13-2-4-15(5-3-13)19-8-1-7-18-19/h1-5,7-8,14H,6,9-12H2,(H,17,20). The third-order valence-corrected chi connectivity index (χ3v) is 5.82. The SMILES string of the molecule is O=C(Cc1ccc(-n2cccn2)cc1)NCC1CCS(=O)(=O)C1. The van der Waals surface area contributed by atoms with Gasteiger partial charge in [-0.1, -0.05) is 12.1 Å². The van der Waals surface area contributed by atoms with Crippen LogP contribution in [0, 0.1) is 5.92 Å². The van der Waals surface area contributed by atoms with Crippen molar-refractivity contribution in [3.05, 3.63) is 48.3 Å². The third-order valence-electron chi connectivity index (χ3n) is 3.98. The lowest BCUT2D eigenvalue weighted by Crippen LogP contribution is -2.31. The number of nitrogens with one attached hydrogen (secondary N) is 1. The highest BCUT2D eigenvalue weighted by atomic mass is 32.2. The maximum Gasteiger partial charge on any atom is 0.224 e. The topological polar surface area (TPSA) is 81.1 Å². The molecule has 1 aromatic heterocycles. The van der Waals surface area contributed by atoms with E-state index in [9.17, 15) is 13.2 Å². The minimum Gasteiger partial charge on any atom is -0.356 e. The second-order valence-electron chi connectivity index (χ2n) is 5.87. The molecule has 7 heteroatoms. The van der Waals surface area contributed by atoms with Gasteiger partial charge in [-0.05, 0) is 36.1 Å². The molecule has 0 radical (unpaired) electrons. The highest BCUT2D eigenvalue weighted by Gasteiger charge is 2.27. The van der Waals surface area contributed by atoms with E-state index in [1.54, 1.807) is 10.9 Å². The number of hydrogen-bond acceptors (Lipinski definition) is 4. The molecule has 1 unspecified atom stereocenters. The molecule has 1 saturated heterocycles. The van der Waals surface area contributed by atoms with Gasteiger partial charge >= 0.3 is 0 Å². The lowest BCUT2D eigenvalue weighted by atomic mass is 10.1. The average molecular weight is 333 g/mol. The van der Waals surface area contributed by atoms with E-state index in [1.165, 1.54) is 0 Å². The number of carbonyl (C=O) groups excluding carboxylic acids is 1. The number of carbonyl (C=O) groups is 1. The molecule has 1 fully saturated rings. The van der Waals surface area contributed by atoms with Gasteiger partial charge in [-0.25, -0.2) is 13.1 Å². The van der Waals surface area contributed by atoms with Crippen molar-refractivity contribution in [2.75, 3.05) is 18.1 Å². The number of sulfone groups is 1. The molecule has 23 heavy (non-hydrogen) atoms. The van der Waals surface area contributed by atoms with Gasteiger partial charge in [0.15, 0.2) is 9.84 Å². The van der Waals surface area contributed by atoms with Crippen molar-refractivity contribution in [2.45, 2.75) is 12.8 Å². The van der Waals surface area contributed by atoms with E-state index in [4.69, 9.17) is 0 Å². The van der Waals surface area contributed by atoms with Crippen LogP contribution in [-0.2, 0) is 21.1 Å². The Morgan fingerprint density at radius 2 is 2.09 bits per heavy atom. The molecule has 0 aliphatic carbocycles. The summed E-state index contributed by atoms with van der Waals surface area (Å²) in [5.74, 6) is 0.390. The summed E-state index contributed by atoms with van der Waals surface area (Å²) in [6.45, 7) is 0.434. The van der Waals surface area contributed by atoms with E-state index in [1.807, 2.05) is 36.5 Å². The molecule has 122 valence electrons. The van der Waals surface area contributed by atoms with Gasteiger partial charge in [0.05, 0.1) is 23.6 Å². The largest absolute Gasteiger partial charge is 0.356 e. The fourth-order valence-corrected chi connectivity index (χ4v) is 4.59. The van der Waals surface area contributed by atoms with Gasteiger partial charge in [0.1, 0.15) is 0 Å². The minimum absolute atomic E-state index is 0.0474. The zero-order valence-electron chi connectivity index (χ0n) is 12.7. The lowest BCUT2D eigenvalue weighted by Gasteiger charge is -2.10. The van der Waals surface area contributed by atoms with E-state index >= 15 is 0 Å². The summed E-state index contributed by atoms with van der Waals surface area (Å²) >= 11 is 0.